The van der Waals surface area contributed by atoms with Gasteiger partial charge in [0.05, 0.1) is 0 Å². The van der Waals surface area contributed by atoms with E-state index in [-0.39, 0.29) is 6.61 Å². The average molecular weight is 284 g/mol. The maximum absolute atomic E-state index is 12.5. The minimum absolute atomic E-state index is 0.0390. The molecular weight excluding hydrogens is 273 g/mol. The van der Waals surface area contributed by atoms with Gasteiger partial charge >= 0.3 is 12.1 Å². The fraction of sp³-hybridized carbons (Fsp3) is 0.231. The highest BCUT2D eigenvalue weighted by Gasteiger charge is 2.47. The molecule has 4 nitrogen and oxygen atoms in total. The maximum atomic E-state index is 12.5. The van der Waals surface area contributed by atoms with Crippen molar-refractivity contribution < 1.29 is 22.7 Å². The van der Waals surface area contributed by atoms with Crippen molar-refractivity contribution in [2.75, 3.05) is 0 Å². The second-order valence-electron chi connectivity index (χ2n) is 4.15. The highest BCUT2D eigenvalue weighted by molar-refractivity contribution is 6.44. The smallest absolute Gasteiger partial charge is 0.414 e. The topological polar surface area (TPSA) is 50.7 Å². The summed E-state index contributed by atoms with van der Waals surface area (Å²) in [7, 11) is 0. The lowest BCUT2D eigenvalue weighted by atomic mass is 10.1. The Kier molecular flexibility index (Phi) is 3.78. The van der Waals surface area contributed by atoms with Crippen LogP contribution in [0.4, 0.5) is 13.2 Å². The number of nitrogens with zero attached hydrogens (tertiary/aromatic N) is 1. The first kappa shape index (κ1) is 14.1. The number of esters is 1. The normalized spacial score (nSPS) is 18.4. The molecule has 0 fully saturated rings. The summed E-state index contributed by atoms with van der Waals surface area (Å²) < 4.78 is 42.6. The molecule has 1 aromatic carbocycles. The Labute approximate surface area is 112 Å². The summed E-state index contributed by atoms with van der Waals surface area (Å²) in [6.07, 6.45) is -4.55. The Bertz CT molecular complexity index is 552. The summed E-state index contributed by atoms with van der Waals surface area (Å²) >= 11 is 0. The highest BCUT2D eigenvalue weighted by atomic mass is 19.4. The van der Waals surface area contributed by atoms with E-state index in [2.05, 4.69) is 11.7 Å². The minimum Gasteiger partial charge on any atom is -0.456 e. The molecule has 2 rings (SSSR count). The molecule has 1 unspecified atom stereocenters. The molecule has 0 bridgehead atoms. The standard InChI is InChI=1S/C13H11F3N2O2/c1-8-10(17-18-11(8)13(14,15)16)12(19)20-7-9-5-3-2-4-6-9/h2-6,11,18H,1,7H2. The second kappa shape index (κ2) is 5.36. The Morgan fingerprint density at radius 3 is 2.55 bits per heavy atom. The van der Waals surface area contributed by atoms with Crippen LogP contribution in [-0.2, 0) is 16.1 Å². The second-order valence-corrected chi connectivity index (χ2v) is 4.15. The molecule has 1 atom stereocenters. The molecule has 1 aliphatic rings. The number of rotatable bonds is 3. The van der Waals surface area contributed by atoms with Crippen molar-refractivity contribution in [3.8, 4) is 0 Å². The van der Waals surface area contributed by atoms with Gasteiger partial charge < -0.3 is 4.74 Å². The summed E-state index contributed by atoms with van der Waals surface area (Å²) in [4.78, 5) is 11.7. The van der Waals surface area contributed by atoms with E-state index >= 15 is 0 Å². The van der Waals surface area contributed by atoms with Gasteiger partial charge in [-0.1, -0.05) is 36.9 Å². The molecule has 1 heterocycles. The summed E-state index contributed by atoms with van der Waals surface area (Å²) in [5.74, 6) is -0.932. The van der Waals surface area contributed by atoms with E-state index in [4.69, 9.17) is 4.74 Å². The van der Waals surface area contributed by atoms with Gasteiger partial charge in [0.2, 0.25) is 0 Å². The van der Waals surface area contributed by atoms with Crippen LogP contribution in [0.15, 0.2) is 47.6 Å². The van der Waals surface area contributed by atoms with Crippen molar-refractivity contribution in [2.45, 2.75) is 18.8 Å². The van der Waals surface area contributed by atoms with Crippen LogP contribution in [0.5, 0.6) is 0 Å². The Balaban J connectivity index is 1.96. The fourth-order valence-corrected chi connectivity index (χ4v) is 1.65. The summed E-state index contributed by atoms with van der Waals surface area (Å²) in [6.45, 7) is 3.21. The molecule has 1 N–H and O–H groups in total. The van der Waals surface area contributed by atoms with E-state index < -0.39 is 29.5 Å². The molecule has 0 radical (unpaired) electrons. The lowest BCUT2D eigenvalue weighted by Crippen LogP contribution is -2.38. The van der Waals surface area contributed by atoms with Gasteiger partial charge in [0.15, 0.2) is 11.8 Å². The van der Waals surface area contributed by atoms with Crippen LogP contribution in [0.1, 0.15) is 5.56 Å². The first-order valence-electron chi connectivity index (χ1n) is 5.69. The maximum Gasteiger partial charge on any atom is 0.414 e. The van der Waals surface area contributed by atoms with Gasteiger partial charge in [-0.25, -0.2) is 4.79 Å². The zero-order valence-electron chi connectivity index (χ0n) is 10.3. The van der Waals surface area contributed by atoms with Crippen LogP contribution in [-0.4, -0.2) is 23.9 Å². The number of carbonyl (C=O) groups is 1. The van der Waals surface area contributed by atoms with Crippen molar-refractivity contribution in [1.82, 2.24) is 5.43 Å². The van der Waals surface area contributed by atoms with Crippen molar-refractivity contribution in [2.24, 2.45) is 5.10 Å². The minimum atomic E-state index is -4.55. The molecule has 0 saturated carbocycles. The third-order valence-electron chi connectivity index (χ3n) is 2.69. The summed E-state index contributed by atoms with van der Waals surface area (Å²) in [5.41, 5.74) is 1.70. The third kappa shape index (κ3) is 2.98. The molecule has 0 aromatic heterocycles. The predicted molar refractivity (Wildman–Crippen MR) is 65.8 cm³/mol. The number of hydrogen-bond acceptors (Lipinski definition) is 4. The van der Waals surface area contributed by atoms with Crippen molar-refractivity contribution in [3.63, 3.8) is 0 Å². The molecule has 0 saturated heterocycles. The highest BCUT2D eigenvalue weighted by Crippen LogP contribution is 2.28. The molecule has 0 spiro atoms. The van der Waals surface area contributed by atoms with E-state index in [1.807, 2.05) is 5.43 Å². The van der Waals surface area contributed by atoms with Crippen molar-refractivity contribution >= 4 is 11.7 Å². The molecule has 0 aliphatic carbocycles. The SMILES string of the molecule is C=C1C(C(=O)OCc2ccccc2)=NNC1C(F)(F)F. The number of alkyl halides is 3. The molecule has 106 valence electrons. The Morgan fingerprint density at radius 1 is 1.35 bits per heavy atom. The number of hydrazone groups is 1. The van der Waals surface area contributed by atoms with E-state index in [1.165, 1.54) is 0 Å². The zero-order valence-corrected chi connectivity index (χ0v) is 10.3. The van der Waals surface area contributed by atoms with Gasteiger partial charge in [-0.3, -0.25) is 5.43 Å². The summed E-state index contributed by atoms with van der Waals surface area (Å²) in [5, 5.41) is 3.35. The van der Waals surface area contributed by atoms with Gasteiger partial charge in [-0.2, -0.15) is 18.3 Å². The third-order valence-corrected chi connectivity index (χ3v) is 2.69. The quantitative estimate of drug-likeness (QED) is 0.865. The number of carbonyl (C=O) groups excluding carboxylic acids is 1. The van der Waals surface area contributed by atoms with Gasteiger partial charge in [0.1, 0.15) is 6.61 Å². The largest absolute Gasteiger partial charge is 0.456 e. The Morgan fingerprint density at radius 2 is 2.00 bits per heavy atom. The molecule has 0 amide bonds. The van der Waals surface area contributed by atoms with Crippen LogP contribution in [0, 0.1) is 0 Å². The monoisotopic (exact) mass is 284 g/mol. The number of halogens is 3. The number of hydrogen-bond donors (Lipinski definition) is 1. The Hall–Kier alpha value is -2.31. The molecule has 1 aromatic rings. The van der Waals surface area contributed by atoms with Crippen LogP contribution in [0.3, 0.4) is 0 Å². The van der Waals surface area contributed by atoms with Gasteiger partial charge in [-0.15, -0.1) is 0 Å². The molecular formula is C13H11F3N2O2. The van der Waals surface area contributed by atoms with Gasteiger partial charge in [-0.05, 0) is 5.56 Å². The first-order valence-corrected chi connectivity index (χ1v) is 5.69. The zero-order chi connectivity index (χ0) is 14.8. The lowest BCUT2D eigenvalue weighted by molar-refractivity contribution is -0.144. The predicted octanol–water partition coefficient (Wildman–Crippen LogP) is 2.18. The number of ether oxygens (including phenoxy) is 1. The number of benzene rings is 1. The van der Waals surface area contributed by atoms with Gasteiger partial charge in [0.25, 0.3) is 0 Å². The first-order chi connectivity index (χ1) is 9.39. The van der Waals surface area contributed by atoms with E-state index in [0.717, 1.165) is 5.56 Å². The fourth-order valence-electron chi connectivity index (χ4n) is 1.65. The molecule has 7 heteroatoms. The summed E-state index contributed by atoms with van der Waals surface area (Å²) in [6, 6.07) is 6.74. The van der Waals surface area contributed by atoms with E-state index in [1.54, 1.807) is 30.3 Å². The van der Waals surface area contributed by atoms with E-state index in [0.29, 0.717) is 0 Å². The van der Waals surface area contributed by atoms with Crippen molar-refractivity contribution in [3.05, 3.63) is 48.0 Å². The van der Waals surface area contributed by atoms with Gasteiger partial charge in [0, 0.05) is 5.57 Å². The molecule has 20 heavy (non-hydrogen) atoms. The van der Waals surface area contributed by atoms with Crippen molar-refractivity contribution in [1.29, 1.82) is 0 Å². The van der Waals surface area contributed by atoms with Crippen LogP contribution in [0.2, 0.25) is 0 Å². The average Bonchev–Trinajstić information content (AvgIpc) is 2.79. The van der Waals surface area contributed by atoms with Crippen LogP contribution in [0.25, 0.3) is 0 Å². The molecule has 1 aliphatic heterocycles. The van der Waals surface area contributed by atoms with Crippen LogP contribution >= 0.6 is 0 Å². The lowest BCUT2D eigenvalue weighted by Gasteiger charge is -2.15. The number of nitrogens with one attached hydrogen (secondary N) is 1. The van der Waals surface area contributed by atoms with Crippen LogP contribution < -0.4 is 5.43 Å². The van der Waals surface area contributed by atoms with E-state index in [9.17, 15) is 18.0 Å².